The Morgan fingerprint density at radius 2 is 2.00 bits per heavy atom. The average Bonchev–Trinajstić information content (AvgIpc) is 3.08. The van der Waals surface area contributed by atoms with Gasteiger partial charge >= 0.3 is 0 Å². The van der Waals surface area contributed by atoms with Gasteiger partial charge in [-0.3, -0.25) is 9.59 Å². The number of hydrogen-bond acceptors (Lipinski definition) is 6. The van der Waals surface area contributed by atoms with Gasteiger partial charge in [0, 0.05) is 46.0 Å². The lowest BCUT2D eigenvalue weighted by atomic mass is 9.69. The smallest absolute Gasteiger partial charge is 0.255 e. The van der Waals surface area contributed by atoms with E-state index in [-0.39, 0.29) is 23.0 Å². The molecule has 5 nitrogen and oxygen atoms in total. The number of aryl methyl sites for hydroxylation is 2. The molecule has 0 bridgehead atoms. The zero-order valence-corrected chi connectivity index (χ0v) is 21.0. The van der Waals surface area contributed by atoms with Crippen LogP contribution in [-0.2, 0) is 9.59 Å². The summed E-state index contributed by atoms with van der Waals surface area (Å²) >= 11 is 3.38. The van der Waals surface area contributed by atoms with Crippen LogP contribution in [0.1, 0.15) is 55.5 Å². The highest BCUT2D eigenvalue weighted by molar-refractivity contribution is 8.00. The van der Waals surface area contributed by atoms with E-state index in [0.717, 1.165) is 38.7 Å². The molecule has 1 unspecified atom stereocenters. The van der Waals surface area contributed by atoms with Gasteiger partial charge in [-0.05, 0) is 62.1 Å². The molecule has 0 saturated carbocycles. The van der Waals surface area contributed by atoms with E-state index in [1.54, 1.807) is 35.4 Å². The number of hydrogen-bond donors (Lipinski definition) is 2. The number of aromatic nitrogens is 1. The van der Waals surface area contributed by atoms with E-state index in [1.807, 2.05) is 26.2 Å². The summed E-state index contributed by atoms with van der Waals surface area (Å²) in [6, 6.07) is 5.85. The largest absolute Gasteiger partial charge is 0.362 e. The van der Waals surface area contributed by atoms with Crippen LogP contribution in [0.3, 0.4) is 0 Å². The summed E-state index contributed by atoms with van der Waals surface area (Å²) in [5.41, 5.74) is 5.04. The Balaban J connectivity index is 1.83. The first-order valence-electron chi connectivity index (χ1n) is 10.7. The average molecular weight is 468 g/mol. The molecule has 0 saturated heterocycles. The molecule has 4 rings (SSSR count). The number of thiophene rings is 1. The van der Waals surface area contributed by atoms with Crippen molar-refractivity contribution in [2.24, 2.45) is 5.41 Å². The molecule has 3 heterocycles. The van der Waals surface area contributed by atoms with Crippen LogP contribution >= 0.6 is 23.1 Å². The van der Waals surface area contributed by atoms with Crippen molar-refractivity contribution in [2.45, 2.75) is 57.6 Å². The molecule has 1 amide bonds. The fourth-order valence-electron chi connectivity index (χ4n) is 4.65. The highest BCUT2D eigenvalue weighted by Crippen LogP contribution is 2.49. The lowest BCUT2D eigenvalue weighted by molar-refractivity contribution is -0.118. The quantitative estimate of drug-likeness (QED) is 0.563. The molecule has 0 spiro atoms. The Morgan fingerprint density at radius 3 is 2.66 bits per heavy atom. The Bertz CT molecular complexity index is 1160. The fourth-order valence-corrected chi connectivity index (χ4v) is 6.56. The monoisotopic (exact) mass is 467 g/mol. The fraction of sp³-hybridized carbons (Fsp3) is 0.400. The van der Waals surface area contributed by atoms with Crippen LogP contribution in [-0.4, -0.2) is 22.9 Å². The number of amides is 1. The van der Waals surface area contributed by atoms with Crippen molar-refractivity contribution in [1.82, 2.24) is 10.3 Å². The molecular weight excluding hydrogens is 438 g/mol. The molecule has 1 aliphatic heterocycles. The van der Waals surface area contributed by atoms with Crippen LogP contribution in [0.25, 0.3) is 0 Å². The van der Waals surface area contributed by atoms with Crippen molar-refractivity contribution in [3.63, 3.8) is 0 Å². The van der Waals surface area contributed by atoms with Crippen LogP contribution in [0.2, 0.25) is 0 Å². The minimum absolute atomic E-state index is 0.105. The van der Waals surface area contributed by atoms with Crippen LogP contribution in [0.15, 0.2) is 51.1 Å². The second kappa shape index (κ2) is 8.52. The molecule has 2 aliphatic rings. The predicted octanol–water partition coefficient (Wildman–Crippen LogP) is 5.72. The Morgan fingerprint density at radius 1 is 1.25 bits per heavy atom. The number of ketones is 1. The lowest BCUT2D eigenvalue weighted by Gasteiger charge is -2.39. The Labute approximate surface area is 197 Å². The highest BCUT2D eigenvalue weighted by atomic mass is 32.2. The number of allylic oxidation sites excluding steroid dienone is 3. The number of rotatable bonds is 4. The van der Waals surface area contributed by atoms with Gasteiger partial charge in [0.25, 0.3) is 5.91 Å². The van der Waals surface area contributed by atoms with E-state index in [9.17, 15) is 9.59 Å². The minimum Gasteiger partial charge on any atom is -0.362 e. The van der Waals surface area contributed by atoms with E-state index >= 15 is 0 Å². The Hall–Kier alpha value is -2.38. The predicted molar refractivity (Wildman–Crippen MR) is 132 cm³/mol. The van der Waals surface area contributed by atoms with Crippen molar-refractivity contribution in [1.29, 1.82) is 0 Å². The molecule has 32 heavy (non-hydrogen) atoms. The number of nitrogens with zero attached hydrogens (tertiary/aromatic N) is 1. The summed E-state index contributed by atoms with van der Waals surface area (Å²) in [7, 11) is 0. The van der Waals surface area contributed by atoms with E-state index in [2.05, 4.69) is 42.5 Å². The van der Waals surface area contributed by atoms with Crippen molar-refractivity contribution in [3.8, 4) is 0 Å². The standard InChI is InChI=1S/C25H29N3O2S2/c1-13-7-8-19(26-12-13)28-23(30)20-15(3)27-17-10-25(4,5)11-18(29)22(17)21(20)16-9-14(2)32-24(16)31-6/h7-9,12,21,27H,10-11H2,1-6H3,(H,26,28,30). The van der Waals surface area contributed by atoms with Gasteiger partial charge < -0.3 is 10.6 Å². The van der Waals surface area contributed by atoms with Crippen molar-refractivity contribution in [2.75, 3.05) is 11.6 Å². The molecular formula is C25H29N3O2S2. The number of pyridine rings is 1. The summed E-state index contributed by atoms with van der Waals surface area (Å²) in [6.45, 7) is 10.2. The van der Waals surface area contributed by atoms with Crippen LogP contribution in [0.5, 0.6) is 0 Å². The van der Waals surface area contributed by atoms with Gasteiger partial charge in [0.2, 0.25) is 0 Å². The number of dihydropyridines is 1. The first kappa shape index (κ1) is 22.8. The van der Waals surface area contributed by atoms with E-state index in [1.165, 1.54) is 4.88 Å². The van der Waals surface area contributed by atoms with Gasteiger partial charge in [-0.25, -0.2) is 4.98 Å². The molecule has 1 aliphatic carbocycles. The van der Waals surface area contributed by atoms with Crippen LogP contribution < -0.4 is 10.6 Å². The molecule has 7 heteroatoms. The molecule has 0 radical (unpaired) electrons. The zero-order chi connectivity index (χ0) is 23.2. The number of anilines is 1. The number of carbonyl (C=O) groups is 2. The van der Waals surface area contributed by atoms with E-state index in [0.29, 0.717) is 17.8 Å². The maximum Gasteiger partial charge on any atom is 0.255 e. The van der Waals surface area contributed by atoms with Gasteiger partial charge in [0.05, 0.1) is 4.21 Å². The van der Waals surface area contributed by atoms with Gasteiger partial charge in [0.15, 0.2) is 5.78 Å². The van der Waals surface area contributed by atoms with E-state index < -0.39 is 0 Å². The molecule has 0 aromatic carbocycles. The van der Waals surface area contributed by atoms with Crippen molar-refractivity contribution >= 4 is 40.6 Å². The summed E-state index contributed by atoms with van der Waals surface area (Å²) < 4.78 is 1.14. The molecule has 2 aromatic heterocycles. The molecule has 0 fully saturated rings. The van der Waals surface area contributed by atoms with Crippen LogP contribution in [0.4, 0.5) is 5.82 Å². The summed E-state index contributed by atoms with van der Waals surface area (Å²) in [5.74, 6) is 0.0159. The molecule has 168 valence electrons. The maximum atomic E-state index is 13.6. The third kappa shape index (κ3) is 4.28. The first-order chi connectivity index (χ1) is 15.1. The van der Waals surface area contributed by atoms with Crippen molar-refractivity contribution < 1.29 is 9.59 Å². The number of nitrogens with one attached hydrogen (secondary N) is 2. The summed E-state index contributed by atoms with van der Waals surface area (Å²) in [4.78, 5) is 32.5. The zero-order valence-electron chi connectivity index (χ0n) is 19.4. The van der Waals surface area contributed by atoms with Gasteiger partial charge in [-0.2, -0.15) is 0 Å². The van der Waals surface area contributed by atoms with Crippen LogP contribution in [0, 0.1) is 19.3 Å². The number of Topliss-reactive ketones (excluding diaryl/α,β-unsaturated/α-hetero) is 1. The van der Waals surface area contributed by atoms with E-state index in [4.69, 9.17) is 0 Å². The summed E-state index contributed by atoms with van der Waals surface area (Å²) in [5, 5.41) is 6.38. The third-order valence-electron chi connectivity index (χ3n) is 5.98. The van der Waals surface area contributed by atoms with Gasteiger partial charge in [0.1, 0.15) is 5.82 Å². The molecule has 2 N–H and O–H groups in total. The molecule has 2 aromatic rings. The molecule has 1 atom stereocenters. The lowest BCUT2D eigenvalue weighted by Crippen LogP contribution is -2.39. The Kier molecular flexibility index (Phi) is 6.07. The van der Waals surface area contributed by atoms with Gasteiger partial charge in [-0.15, -0.1) is 23.1 Å². The van der Waals surface area contributed by atoms with Crippen molar-refractivity contribution in [3.05, 3.63) is 62.9 Å². The second-order valence-electron chi connectivity index (χ2n) is 9.41. The highest BCUT2D eigenvalue weighted by Gasteiger charge is 2.43. The summed E-state index contributed by atoms with van der Waals surface area (Å²) in [6.07, 6.45) is 5.04. The number of thioether (sulfide) groups is 1. The third-order valence-corrected chi connectivity index (χ3v) is 8.20. The maximum absolute atomic E-state index is 13.6. The number of carbonyl (C=O) groups excluding carboxylic acids is 2. The SMILES string of the molecule is CSc1sc(C)cc1C1C(C(=O)Nc2ccc(C)cn2)=C(C)NC2=C1C(=O)CC(C)(C)C2. The second-order valence-corrected chi connectivity index (χ2v) is 11.7. The minimum atomic E-state index is -0.382. The van der Waals surface area contributed by atoms with Gasteiger partial charge in [-0.1, -0.05) is 19.9 Å². The normalized spacial score (nSPS) is 20.2. The topological polar surface area (TPSA) is 71.1 Å². The first-order valence-corrected chi connectivity index (χ1v) is 12.8.